The number of likely N-dealkylation sites (tertiary alicyclic amines) is 1. The first-order chi connectivity index (χ1) is 11.0. The Morgan fingerprint density at radius 2 is 2.25 bits per heavy atom. The zero-order valence-corrected chi connectivity index (χ0v) is 16.8. The van der Waals surface area contributed by atoms with E-state index in [2.05, 4.69) is 30.7 Å². The molecule has 1 aromatic heterocycles. The third kappa shape index (κ3) is 3.81. The molecule has 3 heterocycles. The van der Waals surface area contributed by atoms with Gasteiger partial charge in [-0.25, -0.2) is 0 Å². The summed E-state index contributed by atoms with van der Waals surface area (Å²) in [5.74, 6) is 2.81. The normalized spacial score (nSPS) is 24.0. The smallest absolute Gasteiger partial charge is 0.220 e. The Bertz CT molecular complexity index is 629. The number of hydrogen-bond donors (Lipinski definition) is 2. The Labute approximate surface area is 159 Å². The maximum atomic E-state index is 11.6. The third-order valence-corrected chi connectivity index (χ3v) is 4.96. The van der Waals surface area contributed by atoms with E-state index in [1.807, 2.05) is 18.5 Å². The fourth-order valence-corrected chi connectivity index (χ4v) is 3.52. The van der Waals surface area contributed by atoms with Gasteiger partial charge in [0, 0.05) is 45.6 Å². The molecule has 2 aliphatic rings. The van der Waals surface area contributed by atoms with E-state index >= 15 is 0 Å². The molecule has 1 atom stereocenters. The van der Waals surface area contributed by atoms with Crippen LogP contribution in [0.1, 0.15) is 30.9 Å². The van der Waals surface area contributed by atoms with Crippen LogP contribution in [0, 0.1) is 12.3 Å². The average molecular weight is 447 g/mol. The van der Waals surface area contributed by atoms with Gasteiger partial charge in [0.1, 0.15) is 5.82 Å². The number of nitrogens with zero attached hydrogens (tertiary/aromatic N) is 5. The number of carbonyl (C=O) groups is 1. The minimum absolute atomic E-state index is 0. The summed E-state index contributed by atoms with van der Waals surface area (Å²) in [4.78, 5) is 18.3. The van der Waals surface area contributed by atoms with Crippen molar-refractivity contribution >= 4 is 35.8 Å². The lowest BCUT2D eigenvalue weighted by Crippen LogP contribution is -2.51. The highest BCUT2D eigenvalue weighted by molar-refractivity contribution is 14.0. The molecule has 1 aromatic rings. The minimum Gasteiger partial charge on any atom is -0.355 e. The van der Waals surface area contributed by atoms with Gasteiger partial charge in [0.15, 0.2) is 11.8 Å². The van der Waals surface area contributed by atoms with Crippen LogP contribution in [0.2, 0.25) is 0 Å². The van der Waals surface area contributed by atoms with Gasteiger partial charge in [-0.3, -0.25) is 9.79 Å². The molecule has 2 fully saturated rings. The fraction of sp³-hybridized carbons (Fsp3) is 0.733. The Hall–Kier alpha value is -1.39. The summed E-state index contributed by atoms with van der Waals surface area (Å²) in [6.45, 7) is 5.13. The Balaban J connectivity index is 0.00000208. The van der Waals surface area contributed by atoms with Crippen LogP contribution in [0.15, 0.2) is 4.99 Å². The molecule has 8 nitrogen and oxygen atoms in total. The quantitative estimate of drug-likeness (QED) is 0.390. The topological polar surface area (TPSA) is 87.4 Å². The molecular weight excluding hydrogens is 421 g/mol. The van der Waals surface area contributed by atoms with E-state index in [1.165, 1.54) is 0 Å². The second-order valence-electron chi connectivity index (χ2n) is 6.60. The minimum atomic E-state index is 0. The molecule has 0 saturated carbocycles. The number of carbonyl (C=O) groups excluding carboxylic acids is 1. The van der Waals surface area contributed by atoms with E-state index in [1.54, 1.807) is 7.05 Å². The maximum Gasteiger partial charge on any atom is 0.220 e. The van der Waals surface area contributed by atoms with Crippen molar-refractivity contribution < 1.29 is 4.79 Å². The second kappa shape index (κ2) is 7.66. The predicted molar refractivity (Wildman–Crippen MR) is 102 cm³/mol. The van der Waals surface area contributed by atoms with Gasteiger partial charge in [0.2, 0.25) is 5.91 Å². The molecular formula is C15H26IN7O. The summed E-state index contributed by atoms with van der Waals surface area (Å²) < 4.78 is 1.97. The molecule has 24 heavy (non-hydrogen) atoms. The number of aromatic nitrogens is 3. The van der Waals surface area contributed by atoms with Crippen LogP contribution in [0.5, 0.6) is 0 Å². The van der Waals surface area contributed by atoms with Gasteiger partial charge in [-0.2, -0.15) is 0 Å². The van der Waals surface area contributed by atoms with E-state index < -0.39 is 0 Å². The first-order valence-corrected chi connectivity index (χ1v) is 8.10. The van der Waals surface area contributed by atoms with E-state index in [0.29, 0.717) is 13.0 Å². The Morgan fingerprint density at radius 3 is 2.83 bits per heavy atom. The maximum absolute atomic E-state index is 11.6. The molecule has 0 bridgehead atoms. The average Bonchev–Trinajstić information content (AvgIpc) is 3.05. The zero-order valence-electron chi connectivity index (χ0n) is 14.5. The number of guanidine groups is 1. The predicted octanol–water partition coefficient (Wildman–Crippen LogP) is 0.419. The van der Waals surface area contributed by atoms with Gasteiger partial charge in [-0.15, -0.1) is 34.2 Å². The van der Waals surface area contributed by atoms with Crippen LogP contribution in [0.4, 0.5) is 0 Å². The highest BCUT2D eigenvalue weighted by Gasteiger charge is 2.42. The van der Waals surface area contributed by atoms with E-state index in [9.17, 15) is 4.79 Å². The van der Waals surface area contributed by atoms with Crippen molar-refractivity contribution in [3.63, 3.8) is 0 Å². The highest BCUT2D eigenvalue weighted by atomic mass is 127. The summed E-state index contributed by atoms with van der Waals surface area (Å²) in [6.07, 6.45) is 2.81. The van der Waals surface area contributed by atoms with E-state index in [0.717, 1.165) is 50.1 Å². The number of aliphatic imine (C=N–C) groups is 1. The van der Waals surface area contributed by atoms with Gasteiger partial charge >= 0.3 is 0 Å². The van der Waals surface area contributed by atoms with E-state index in [-0.39, 0.29) is 35.3 Å². The molecule has 1 amide bonds. The van der Waals surface area contributed by atoms with Crippen molar-refractivity contribution in [2.45, 2.75) is 32.7 Å². The van der Waals surface area contributed by atoms with Gasteiger partial charge in [-0.05, 0) is 19.8 Å². The van der Waals surface area contributed by atoms with Crippen LogP contribution in [-0.2, 0) is 18.4 Å². The first kappa shape index (κ1) is 18.9. The number of halogens is 1. The fourth-order valence-electron chi connectivity index (χ4n) is 3.52. The largest absolute Gasteiger partial charge is 0.355 e. The standard InChI is InChI=1S/C15H25N7O.HI/c1-11-19-20-12(21(11)3)8-17-14(16-2)22-6-4-5-15(10-22)7-13(23)18-9-15;/h4-10H2,1-3H3,(H,16,17)(H,18,23);1H. The van der Waals surface area contributed by atoms with Crippen LogP contribution >= 0.6 is 24.0 Å². The molecule has 2 aliphatic heterocycles. The lowest BCUT2D eigenvalue weighted by molar-refractivity contribution is -0.119. The third-order valence-electron chi connectivity index (χ3n) is 4.96. The van der Waals surface area contributed by atoms with Crippen molar-refractivity contribution in [2.75, 3.05) is 26.7 Å². The number of nitrogens with one attached hydrogen (secondary N) is 2. The SMILES string of the molecule is CN=C(NCc1nnc(C)n1C)N1CCCC2(CNC(=O)C2)C1.I. The van der Waals surface area contributed by atoms with Crippen LogP contribution in [0.3, 0.4) is 0 Å². The Morgan fingerprint density at radius 1 is 1.46 bits per heavy atom. The van der Waals surface area contributed by atoms with Gasteiger partial charge in [0.05, 0.1) is 6.54 Å². The summed E-state index contributed by atoms with van der Waals surface area (Å²) >= 11 is 0. The summed E-state index contributed by atoms with van der Waals surface area (Å²) in [7, 11) is 3.75. The monoisotopic (exact) mass is 447 g/mol. The van der Waals surface area contributed by atoms with Crippen LogP contribution in [-0.4, -0.2) is 58.2 Å². The zero-order chi connectivity index (χ0) is 16.4. The van der Waals surface area contributed by atoms with Gasteiger partial charge in [-0.1, -0.05) is 0 Å². The molecule has 0 aromatic carbocycles. The molecule has 3 rings (SSSR count). The number of rotatable bonds is 2. The number of aryl methyl sites for hydroxylation is 1. The van der Waals surface area contributed by atoms with Crippen molar-refractivity contribution in [1.29, 1.82) is 0 Å². The van der Waals surface area contributed by atoms with E-state index in [4.69, 9.17) is 0 Å². The molecule has 2 saturated heterocycles. The first-order valence-electron chi connectivity index (χ1n) is 8.10. The van der Waals surface area contributed by atoms with Gasteiger partial charge in [0.25, 0.3) is 0 Å². The second-order valence-corrected chi connectivity index (χ2v) is 6.60. The van der Waals surface area contributed by atoms with Crippen LogP contribution < -0.4 is 10.6 Å². The molecule has 0 aliphatic carbocycles. The van der Waals surface area contributed by atoms with Gasteiger partial charge < -0.3 is 20.1 Å². The lowest BCUT2D eigenvalue weighted by Gasteiger charge is -2.40. The van der Waals surface area contributed by atoms with Crippen molar-refractivity contribution in [1.82, 2.24) is 30.3 Å². The molecule has 2 N–H and O–H groups in total. The molecule has 134 valence electrons. The molecule has 9 heteroatoms. The van der Waals surface area contributed by atoms with Crippen molar-refractivity contribution in [2.24, 2.45) is 17.5 Å². The lowest BCUT2D eigenvalue weighted by atomic mass is 9.79. The van der Waals surface area contributed by atoms with Crippen molar-refractivity contribution in [3.8, 4) is 0 Å². The van der Waals surface area contributed by atoms with Crippen LogP contribution in [0.25, 0.3) is 0 Å². The number of hydrogen-bond acceptors (Lipinski definition) is 4. The number of piperidine rings is 1. The summed E-state index contributed by atoms with van der Waals surface area (Å²) in [5.41, 5.74) is 0.0638. The number of amides is 1. The summed E-state index contributed by atoms with van der Waals surface area (Å²) in [6, 6.07) is 0. The Kier molecular flexibility index (Phi) is 6.05. The molecule has 1 unspecified atom stereocenters. The van der Waals surface area contributed by atoms with Crippen molar-refractivity contribution in [3.05, 3.63) is 11.6 Å². The molecule has 1 spiro atoms. The molecule has 0 radical (unpaired) electrons. The summed E-state index contributed by atoms with van der Waals surface area (Å²) in [5, 5.41) is 14.6. The highest BCUT2D eigenvalue weighted by Crippen LogP contribution is 2.35.